The van der Waals surface area contributed by atoms with Crippen LogP contribution >= 0.6 is 0 Å². The quantitative estimate of drug-likeness (QED) is 0.169. The maximum Gasteiger partial charge on any atom is 0.416 e. The Morgan fingerprint density at radius 2 is 1.67 bits per heavy atom. The third kappa shape index (κ3) is 9.74. The van der Waals surface area contributed by atoms with E-state index in [1.54, 1.807) is 12.3 Å². The molecule has 270 valence electrons. The number of allylic oxidation sites excluding steroid dienone is 6. The van der Waals surface area contributed by atoms with Crippen molar-refractivity contribution >= 4 is 5.71 Å². The lowest BCUT2D eigenvalue weighted by Gasteiger charge is -2.61. The molecule has 0 aliphatic heterocycles. The summed E-state index contributed by atoms with van der Waals surface area (Å²) in [5.41, 5.74) is 4.27. The Balaban J connectivity index is 1.36. The molecule has 4 rings (SSSR count). The highest BCUT2D eigenvalue weighted by Gasteiger charge is 2.59. The molecule has 1 N–H and O–H groups in total. The van der Waals surface area contributed by atoms with Crippen molar-refractivity contribution in [3.8, 4) is 5.69 Å². The third-order valence-electron chi connectivity index (χ3n) is 11.2. The highest BCUT2D eigenvalue weighted by molar-refractivity contribution is 5.90. The zero-order valence-corrected chi connectivity index (χ0v) is 30.8. The van der Waals surface area contributed by atoms with E-state index in [-0.39, 0.29) is 29.0 Å². The van der Waals surface area contributed by atoms with Gasteiger partial charge in [0.15, 0.2) is 6.61 Å². The van der Waals surface area contributed by atoms with Crippen LogP contribution in [0.15, 0.2) is 70.6 Å². The number of nitrogens with zero attached hydrogens (tertiary/aromatic N) is 4. The maximum absolute atomic E-state index is 13.2. The van der Waals surface area contributed by atoms with E-state index in [0.29, 0.717) is 11.6 Å². The van der Waals surface area contributed by atoms with E-state index >= 15 is 0 Å². The second kappa shape index (κ2) is 15.8. The van der Waals surface area contributed by atoms with Crippen LogP contribution in [0, 0.1) is 22.7 Å². The van der Waals surface area contributed by atoms with Gasteiger partial charge in [-0.3, -0.25) is 0 Å². The largest absolute Gasteiger partial charge is 0.416 e. The van der Waals surface area contributed by atoms with E-state index in [9.17, 15) is 18.3 Å². The highest BCUT2D eigenvalue weighted by Crippen LogP contribution is 2.62. The number of hydrogen-bond donors (Lipinski definition) is 1. The van der Waals surface area contributed by atoms with Crippen LogP contribution in [-0.4, -0.2) is 31.4 Å². The molecule has 2 aliphatic carbocycles. The molecule has 9 heteroatoms. The number of aliphatic hydroxyl groups is 1. The Morgan fingerprint density at radius 3 is 2.35 bits per heavy atom. The number of benzene rings is 1. The summed E-state index contributed by atoms with van der Waals surface area (Å²) in [5, 5.41) is 24.4. The van der Waals surface area contributed by atoms with Gasteiger partial charge in [0.05, 0.1) is 28.8 Å². The summed E-state index contributed by atoms with van der Waals surface area (Å²) in [5.74, 6) is 0.514. The number of alkyl halides is 3. The van der Waals surface area contributed by atoms with Crippen LogP contribution in [0.3, 0.4) is 0 Å². The molecule has 1 aromatic heterocycles. The molecule has 2 aliphatic rings. The molecule has 49 heavy (non-hydrogen) atoms. The van der Waals surface area contributed by atoms with Gasteiger partial charge in [0.1, 0.15) is 5.69 Å². The Morgan fingerprint density at radius 1 is 1.00 bits per heavy atom. The minimum Gasteiger partial charge on any atom is -0.390 e. The summed E-state index contributed by atoms with van der Waals surface area (Å²) < 4.78 is 40.8. The predicted octanol–water partition coefficient (Wildman–Crippen LogP) is 11.0. The number of rotatable bonds is 13. The van der Waals surface area contributed by atoms with Gasteiger partial charge in [-0.25, -0.2) is 4.68 Å². The standard InChI is InChI=1S/C40H57F3N4O2/c1-28(2)13-9-14-29(3)15-10-16-30(4)17-11-20-35-38(7)23-22-36(37(5,6)34(38)21-24-39(35,8)48)45-49-27-32-26-47(46-44-32)33-19-12-18-31(25-33)40(41,42)43/h12-13,15,17-19,25-26,34-35,48H,9-11,14,16,20-24,27H2,1-8H3/b29-15+,30-17+,45-36+/t34-,35+,38-,39+/m0/s1. The van der Waals surface area contributed by atoms with E-state index in [0.717, 1.165) is 82.1 Å². The van der Waals surface area contributed by atoms with E-state index in [1.165, 1.54) is 27.5 Å². The van der Waals surface area contributed by atoms with Crippen molar-refractivity contribution in [2.24, 2.45) is 27.8 Å². The normalized spacial score (nSPS) is 26.8. The molecule has 0 spiro atoms. The Labute approximate surface area is 291 Å². The lowest BCUT2D eigenvalue weighted by atomic mass is 9.44. The summed E-state index contributed by atoms with van der Waals surface area (Å²) in [4.78, 5) is 5.80. The number of oxime groups is 1. The first-order valence-electron chi connectivity index (χ1n) is 17.9. The van der Waals surface area contributed by atoms with Crippen LogP contribution in [0.5, 0.6) is 0 Å². The van der Waals surface area contributed by atoms with Crippen molar-refractivity contribution in [3.05, 3.63) is 76.7 Å². The molecular formula is C40H57F3N4O2. The van der Waals surface area contributed by atoms with Crippen LogP contribution < -0.4 is 0 Å². The molecule has 4 atom stereocenters. The van der Waals surface area contributed by atoms with Crippen molar-refractivity contribution in [1.82, 2.24) is 15.0 Å². The fourth-order valence-electron chi connectivity index (χ4n) is 8.47. The molecule has 0 saturated heterocycles. The van der Waals surface area contributed by atoms with Crippen LogP contribution in [0.25, 0.3) is 5.69 Å². The summed E-state index contributed by atoms with van der Waals surface area (Å²) in [6.45, 7) is 17.7. The molecule has 1 aromatic carbocycles. The smallest absolute Gasteiger partial charge is 0.390 e. The minimum absolute atomic E-state index is 0.0369. The summed E-state index contributed by atoms with van der Waals surface area (Å²) in [7, 11) is 0. The third-order valence-corrected chi connectivity index (χ3v) is 11.2. The lowest BCUT2D eigenvalue weighted by Crippen LogP contribution is -2.59. The number of halogens is 3. The average Bonchev–Trinajstić information content (AvgIpc) is 3.48. The molecule has 2 fully saturated rings. The fraction of sp³-hybridized carbons (Fsp3) is 0.625. The highest BCUT2D eigenvalue weighted by atomic mass is 19.4. The van der Waals surface area contributed by atoms with Gasteiger partial charge in [-0.1, -0.05) is 72.2 Å². The van der Waals surface area contributed by atoms with Crippen LogP contribution in [-0.2, 0) is 17.6 Å². The molecule has 2 saturated carbocycles. The van der Waals surface area contributed by atoms with E-state index < -0.39 is 17.3 Å². The molecule has 0 radical (unpaired) electrons. The zero-order valence-electron chi connectivity index (χ0n) is 30.8. The second-order valence-corrected chi connectivity index (χ2v) is 15.8. The SMILES string of the molecule is CC(C)=CCC/C(C)=C/CC/C(C)=C/CC[C@@H]1[C@@]2(C)CC/C(=N\OCc3cn(-c4cccc(C(F)(F)F)c4)nn3)C(C)(C)[C@@H]2CC[C@@]1(C)O. The molecule has 0 amide bonds. The fourth-order valence-corrected chi connectivity index (χ4v) is 8.47. The molecular weight excluding hydrogens is 625 g/mol. The van der Waals surface area contributed by atoms with Gasteiger partial charge in [-0.15, -0.1) is 5.10 Å². The van der Waals surface area contributed by atoms with Crippen molar-refractivity contribution < 1.29 is 23.1 Å². The zero-order chi connectivity index (χ0) is 36.0. The van der Waals surface area contributed by atoms with Crippen LogP contribution in [0.1, 0.15) is 131 Å². The van der Waals surface area contributed by atoms with Crippen molar-refractivity contribution in [2.75, 3.05) is 0 Å². The van der Waals surface area contributed by atoms with Crippen LogP contribution in [0.4, 0.5) is 13.2 Å². The Kier molecular flexibility index (Phi) is 12.4. The Hall–Kier alpha value is -3.20. The Bertz CT molecular complexity index is 1540. The minimum atomic E-state index is -4.44. The number of hydrogen-bond acceptors (Lipinski definition) is 5. The summed E-state index contributed by atoms with van der Waals surface area (Å²) in [6, 6.07) is 4.98. The van der Waals surface area contributed by atoms with Gasteiger partial charge in [0, 0.05) is 5.41 Å². The number of fused-ring (bicyclic) bond motifs is 1. The summed E-state index contributed by atoms with van der Waals surface area (Å²) in [6.07, 6.45) is 13.8. The molecule has 0 unspecified atom stereocenters. The van der Waals surface area contributed by atoms with Gasteiger partial charge in [0.25, 0.3) is 0 Å². The monoisotopic (exact) mass is 682 g/mol. The first kappa shape index (κ1) is 38.6. The molecule has 6 nitrogen and oxygen atoms in total. The van der Waals surface area contributed by atoms with Gasteiger partial charge < -0.3 is 9.94 Å². The first-order chi connectivity index (χ1) is 22.9. The molecule has 1 heterocycles. The number of aromatic nitrogens is 3. The van der Waals surface area contributed by atoms with E-state index in [4.69, 9.17) is 4.84 Å². The molecule has 2 aromatic rings. The van der Waals surface area contributed by atoms with Crippen molar-refractivity contribution in [1.29, 1.82) is 0 Å². The van der Waals surface area contributed by atoms with Crippen LogP contribution in [0.2, 0.25) is 0 Å². The average molecular weight is 683 g/mol. The first-order valence-corrected chi connectivity index (χ1v) is 17.9. The van der Waals surface area contributed by atoms with Gasteiger partial charge >= 0.3 is 6.18 Å². The lowest BCUT2D eigenvalue weighted by molar-refractivity contribution is -0.150. The van der Waals surface area contributed by atoms with Gasteiger partial charge in [0.2, 0.25) is 0 Å². The second-order valence-electron chi connectivity index (χ2n) is 15.8. The molecule has 0 bridgehead atoms. The van der Waals surface area contributed by atoms with Crippen molar-refractivity contribution in [2.45, 2.75) is 138 Å². The topological polar surface area (TPSA) is 72.5 Å². The van der Waals surface area contributed by atoms with Crippen molar-refractivity contribution in [3.63, 3.8) is 0 Å². The van der Waals surface area contributed by atoms with E-state index in [2.05, 4.69) is 82.2 Å². The predicted molar refractivity (Wildman–Crippen MR) is 191 cm³/mol. The maximum atomic E-state index is 13.2. The van der Waals surface area contributed by atoms with Gasteiger partial charge in [-0.05, 0) is 134 Å². The van der Waals surface area contributed by atoms with Gasteiger partial charge in [-0.2, -0.15) is 13.2 Å². The summed E-state index contributed by atoms with van der Waals surface area (Å²) >= 11 is 0. The van der Waals surface area contributed by atoms with E-state index in [1.807, 2.05) is 6.92 Å².